The van der Waals surface area contributed by atoms with Crippen molar-refractivity contribution in [3.8, 4) is 11.5 Å². The van der Waals surface area contributed by atoms with E-state index in [4.69, 9.17) is 16.3 Å². The molecular formula is C24H18ClFN2O2S. The van der Waals surface area contributed by atoms with Gasteiger partial charge in [-0.1, -0.05) is 47.6 Å². The Morgan fingerprint density at radius 3 is 2.65 bits per heavy atom. The highest BCUT2D eigenvalue weighted by Gasteiger charge is 2.26. The van der Waals surface area contributed by atoms with Crippen LogP contribution in [0, 0.1) is 12.7 Å². The molecule has 0 amide bonds. The Bertz CT molecular complexity index is 1360. The van der Waals surface area contributed by atoms with Crippen molar-refractivity contribution < 1.29 is 14.2 Å². The van der Waals surface area contributed by atoms with Gasteiger partial charge < -0.3 is 20.5 Å². The van der Waals surface area contributed by atoms with Gasteiger partial charge in [0.2, 0.25) is 0 Å². The van der Waals surface area contributed by atoms with Gasteiger partial charge in [-0.05, 0) is 36.8 Å². The molecule has 0 spiro atoms. The highest BCUT2D eigenvalue weighted by atomic mass is 35.5. The maximum atomic E-state index is 13.9. The number of phenols is 1. The molecule has 7 heteroatoms. The number of hydrogen-bond acceptors (Lipinski definition) is 5. The number of aromatic hydroxyl groups is 1. The summed E-state index contributed by atoms with van der Waals surface area (Å²) in [7, 11) is 1.57. The second-order valence-corrected chi connectivity index (χ2v) is 8.73. The minimum Gasteiger partial charge on any atom is -0.505 e. The van der Waals surface area contributed by atoms with Gasteiger partial charge in [-0.25, -0.2) is 4.39 Å². The van der Waals surface area contributed by atoms with Crippen LogP contribution < -0.4 is 15.4 Å². The third kappa shape index (κ3) is 3.32. The van der Waals surface area contributed by atoms with Crippen molar-refractivity contribution in [3.05, 3.63) is 71.0 Å². The minimum absolute atomic E-state index is 0.109. The molecule has 0 aliphatic carbocycles. The van der Waals surface area contributed by atoms with E-state index in [1.807, 2.05) is 37.3 Å². The Hall–Kier alpha value is -3.09. The van der Waals surface area contributed by atoms with Crippen LogP contribution in [0.5, 0.6) is 11.5 Å². The van der Waals surface area contributed by atoms with Crippen molar-refractivity contribution in [2.24, 2.45) is 0 Å². The summed E-state index contributed by atoms with van der Waals surface area (Å²) in [6.07, 6.45) is 0. The largest absolute Gasteiger partial charge is 0.505 e. The van der Waals surface area contributed by atoms with Crippen LogP contribution in [0.1, 0.15) is 5.56 Å². The fourth-order valence-corrected chi connectivity index (χ4v) is 5.02. The van der Waals surface area contributed by atoms with Crippen LogP contribution in [-0.2, 0) is 0 Å². The van der Waals surface area contributed by atoms with Crippen LogP contribution in [0.4, 0.5) is 27.1 Å². The first-order valence-electron chi connectivity index (χ1n) is 9.59. The Kier molecular flexibility index (Phi) is 4.84. The van der Waals surface area contributed by atoms with Crippen LogP contribution in [0.25, 0.3) is 10.8 Å². The number of aryl methyl sites for hydroxylation is 1. The summed E-state index contributed by atoms with van der Waals surface area (Å²) in [4.78, 5) is 1.51. The first kappa shape index (κ1) is 19.8. The van der Waals surface area contributed by atoms with Crippen LogP contribution in [-0.4, -0.2) is 12.2 Å². The third-order valence-electron chi connectivity index (χ3n) is 5.30. The molecule has 0 saturated heterocycles. The molecule has 1 aliphatic rings. The summed E-state index contributed by atoms with van der Waals surface area (Å²) in [5.41, 5.74) is 3.73. The zero-order chi connectivity index (χ0) is 21.7. The summed E-state index contributed by atoms with van der Waals surface area (Å²) in [6, 6.07) is 15.9. The lowest BCUT2D eigenvalue weighted by Crippen LogP contribution is -2.05. The van der Waals surface area contributed by atoms with Crippen LogP contribution in [0.2, 0.25) is 5.02 Å². The lowest BCUT2D eigenvalue weighted by Gasteiger charge is -2.26. The van der Waals surface area contributed by atoms with E-state index in [2.05, 4.69) is 10.6 Å². The molecule has 0 radical (unpaired) electrons. The Balaban J connectivity index is 1.74. The lowest BCUT2D eigenvalue weighted by atomic mass is 10.0. The average Bonchev–Trinajstić information content (AvgIpc) is 2.77. The first-order valence-corrected chi connectivity index (χ1v) is 10.8. The number of halogens is 2. The molecule has 1 aliphatic heterocycles. The van der Waals surface area contributed by atoms with E-state index in [0.717, 1.165) is 32.1 Å². The van der Waals surface area contributed by atoms with E-state index < -0.39 is 0 Å². The summed E-state index contributed by atoms with van der Waals surface area (Å²) in [6.45, 7) is 1.90. The quantitative estimate of drug-likeness (QED) is 0.194. The van der Waals surface area contributed by atoms with E-state index in [0.29, 0.717) is 27.5 Å². The summed E-state index contributed by atoms with van der Waals surface area (Å²) < 4.78 is 19.4. The molecule has 0 fully saturated rings. The predicted octanol–water partition coefficient (Wildman–Crippen LogP) is 7.61. The van der Waals surface area contributed by atoms with Gasteiger partial charge in [0.25, 0.3) is 0 Å². The van der Waals surface area contributed by atoms with Gasteiger partial charge in [-0.2, -0.15) is 0 Å². The Labute approximate surface area is 188 Å². The van der Waals surface area contributed by atoms with Gasteiger partial charge in [0, 0.05) is 26.8 Å². The van der Waals surface area contributed by atoms with E-state index in [-0.39, 0.29) is 11.6 Å². The third-order valence-corrected chi connectivity index (χ3v) is 6.88. The van der Waals surface area contributed by atoms with E-state index in [9.17, 15) is 9.50 Å². The van der Waals surface area contributed by atoms with E-state index in [1.165, 1.54) is 23.9 Å². The summed E-state index contributed by atoms with van der Waals surface area (Å²) in [5, 5.41) is 20.1. The number of benzene rings is 4. The molecule has 0 saturated carbocycles. The molecule has 4 aromatic rings. The monoisotopic (exact) mass is 452 g/mol. The number of methoxy groups -OCH3 is 1. The number of fused-ring (bicyclic) bond motifs is 4. The number of ether oxygens (including phenoxy) is 1. The van der Waals surface area contributed by atoms with Crippen molar-refractivity contribution in [2.45, 2.75) is 16.7 Å². The Morgan fingerprint density at radius 1 is 1.10 bits per heavy atom. The van der Waals surface area contributed by atoms with Gasteiger partial charge in [-0.3, -0.25) is 0 Å². The molecule has 4 aromatic carbocycles. The summed E-state index contributed by atoms with van der Waals surface area (Å²) in [5.74, 6) is 0.348. The van der Waals surface area contributed by atoms with Gasteiger partial charge in [0.15, 0.2) is 0 Å². The molecule has 156 valence electrons. The van der Waals surface area contributed by atoms with Crippen molar-refractivity contribution in [1.82, 2.24) is 0 Å². The normalized spacial score (nSPS) is 12.1. The number of rotatable bonds is 3. The summed E-state index contributed by atoms with van der Waals surface area (Å²) >= 11 is 7.66. The molecule has 0 atom stereocenters. The molecule has 1 heterocycles. The molecule has 0 bridgehead atoms. The van der Waals surface area contributed by atoms with Crippen LogP contribution in [0.15, 0.2) is 64.4 Å². The maximum Gasteiger partial charge on any atom is 0.148 e. The molecule has 0 unspecified atom stereocenters. The standard InChI is InChI=1S/C24H18ClFN2O2S/c1-12-9-18(19(30-2)11-16(12)25)28-22-23(29)15-6-4-3-5-14(15)21-24(22)31-20-10-13(26)7-8-17(20)27-21/h3-11,27-29H,1-2H3. The zero-order valence-corrected chi connectivity index (χ0v) is 18.3. The van der Waals surface area contributed by atoms with Crippen molar-refractivity contribution in [2.75, 3.05) is 17.7 Å². The van der Waals surface area contributed by atoms with Gasteiger partial charge in [0.1, 0.15) is 17.3 Å². The second-order valence-electron chi connectivity index (χ2n) is 7.27. The molecule has 5 rings (SSSR count). The molecule has 3 N–H and O–H groups in total. The Morgan fingerprint density at radius 2 is 1.87 bits per heavy atom. The van der Waals surface area contributed by atoms with E-state index >= 15 is 0 Å². The number of hydrogen-bond donors (Lipinski definition) is 3. The molecule has 31 heavy (non-hydrogen) atoms. The van der Waals surface area contributed by atoms with Gasteiger partial charge in [0.05, 0.1) is 34.8 Å². The SMILES string of the molecule is COc1cc(Cl)c(C)cc1Nc1c2c(c3ccccc3c1O)Nc1ccc(F)cc1S2. The minimum atomic E-state index is -0.314. The lowest BCUT2D eigenvalue weighted by molar-refractivity contribution is 0.416. The van der Waals surface area contributed by atoms with E-state index in [1.54, 1.807) is 19.2 Å². The topological polar surface area (TPSA) is 53.5 Å². The highest BCUT2D eigenvalue weighted by molar-refractivity contribution is 8.00. The van der Waals surface area contributed by atoms with Crippen LogP contribution in [0.3, 0.4) is 0 Å². The average molecular weight is 453 g/mol. The number of anilines is 4. The molecule has 4 nitrogen and oxygen atoms in total. The second kappa shape index (κ2) is 7.55. The number of nitrogens with one attached hydrogen (secondary N) is 2. The van der Waals surface area contributed by atoms with Crippen molar-refractivity contribution in [1.29, 1.82) is 0 Å². The first-order chi connectivity index (χ1) is 15.0. The molecule has 0 aromatic heterocycles. The number of phenolic OH excluding ortho intramolecular Hbond substituents is 1. The highest BCUT2D eigenvalue weighted by Crippen LogP contribution is 2.55. The van der Waals surface area contributed by atoms with Gasteiger partial charge in [-0.15, -0.1) is 0 Å². The van der Waals surface area contributed by atoms with Gasteiger partial charge >= 0.3 is 0 Å². The maximum absolute atomic E-state index is 13.9. The van der Waals surface area contributed by atoms with Crippen LogP contribution >= 0.6 is 23.4 Å². The fraction of sp³-hybridized carbons (Fsp3) is 0.0833. The fourth-order valence-electron chi connectivity index (χ4n) is 3.73. The van der Waals surface area contributed by atoms with Crippen molar-refractivity contribution in [3.63, 3.8) is 0 Å². The predicted molar refractivity (Wildman–Crippen MR) is 125 cm³/mol. The smallest absolute Gasteiger partial charge is 0.148 e. The van der Waals surface area contributed by atoms with Crippen molar-refractivity contribution >= 4 is 56.9 Å². The zero-order valence-electron chi connectivity index (χ0n) is 16.7. The molecular weight excluding hydrogens is 435 g/mol.